The van der Waals surface area contributed by atoms with E-state index in [-0.39, 0.29) is 18.2 Å². The van der Waals surface area contributed by atoms with Gasteiger partial charge in [0.05, 0.1) is 16.8 Å². The molecule has 0 bridgehead atoms. The second-order valence-electron chi connectivity index (χ2n) is 5.79. The Kier molecular flexibility index (Phi) is 4.49. The number of aliphatic hydroxyl groups is 1. The van der Waals surface area contributed by atoms with Crippen molar-refractivity contribution in [1.82, 2.24) is 4.90 Å². The Morgan fingerprint density at radius 3 is 2.43 bits per heavy atom. The molecule has 0 radical (unpaired) electrons. The zero-order valence-electron chi connectivity index (χ0n) is 17.6. The first-order valence-corrected chi connectivity index (χ1v) is 7.14. The zero-order valence-corrected chi connectivity index (χ0v) is 13.4. The van der Waals surface area contributed by atoms with Crippen molar-refractivity contribution in [2.45, 2.75) is 43.6 Å². The molecule has 0 aliphatic heterocycles. The van der Waals surface area contributed by atoms with Crippen LogP contribution in [0.4, 0.5) is 0 Å². The summed E-state index contributed by atoms with van der Waals surface area (Å²) in [5, 5.41) is 11.2. The first-order valence-electron chi connectivity index (χ1n) is 9.64. The predicted molar refractivity (Wildman–Crippen MR) is 89.6 cm³/mol. The largest absolute Gasteiger partial charge is 0.497 e. The number of hydrogen-bond donors (Lipinski definition) is 1. The predicted octanol–water partition coefficient (Wildman–Crippen LogP) is 3.46. The molecular formula is C17H28ClNO2. The standard InChI is InChI=1S/C17H27NO2.ClH/c1-18(2)13-16(17(19)11-5-4-6-12-17)14-7-9-15(20-3)10-8-14;/h7-10,16,19H,4-6,11-13H2,1-3H3;1H/i3D3,13D2;. The third-order valence-corrected chi connectivity index (χ3v) is 3.98. The highest BCUT2D eigenvalue weighted by Gasteiger charge is 2.38. The van der Waals surface area contributed by atoms with Gasteiger partial charge in [-0.2, -0.15) is 0 Å². The zero-order chi connectivity index (χ0) is 18.9. The number of methoxy groups -OCH3 is 1. The lowest BCUT2D eigenvalue weighted by molar-refractivity contribution is -0.0277. The van der Waals surface area contributed by atoms with Crippen LogP contribution in [0.1, 0.15) is 50.4 Å². The maximum absolute atomic E-state index is 11.2. The van der Waals surface area contributed by atoms with Gasteiger partial charge in [0.25, 0.3) is 0 Å². The summed E-state index contributed by atoms with van der Waals surface area (Å²) >= 11 is 0. The van der Waals surface area contributed by atoms with E-state index in [1.165, 1.54) is 17.0 Å². The Balaban J connectivity index is 0.00000338. The van der Waals surface area contributed by atoms with Gasteiger partial charge >= 0.3 is 0 Å². The lowest BCUT2D eigenvalue weighted by Gasteiger charge is -2.40. The normalized spacial score (nSPS) is 23.7. The molecule has 1 fully saturated rings. The van der Waals surface area contributed by atoms with Crippen molar-refractivity contribution in [2.75, 3.05) is 27.6 Å². The molecule has 0 saturated heterocycles. The van der Waals surface area contributed by atoms with Crippen LogP contribution < -0.4 is 4.74 Å². The highest BCUT2D eigenvalue weighted by Crippen LogP contribution is 2.40. The lowest BCUT2D eigenvalue weighted by Crippen LogP contribution is -2.42. The summed E-state index contributed by atoms with van der Waals surface area (Å²) in [7, 11) is 0.789. The van der Waals surface area contributed by atoms with Gasteiger partial charge in [0.2, 0.25) is 0 Å². The van der Waals surface area contributed by atoms with Gasteiger partial charge in [0.1, 0.15) is 5.75 Å². The summed E-state index contributed by atoms with van der Waals surface area (Å²) in [6.45, 7) is -1.75. The highest BCUT2D eigenvalue weighted by molar-refractivity contribution is 5.85. The number of hydrogen-bond acceptors (Lipinski definition) is 3. The van der Waals surface area contributed by atoms with Crippen LogP contribution in [0.2, 0.25) is 0 Å². The third-order valence-electron chi connectivity index (χ3n) is 3.98. The van der Waals surface area contributed by atoms with Crippen molar-refractivity contribution in [3.8, 4) is 5.75 Å². The van der Waals surface area contributed by atoms with E-state index in [0.717, 1.165) is 19.3 Å². The van der Waals surface area contributed by atoms with Crippen molar-refractivity contribution >= 4 is 12.4 Å². The molecule has 1 unspecified atom stereocenters. The molecule has 1 aliphatic rings. The van der Waals surface area contributed by atoms with E-state index in [1.807, 2.05) is 0 Å². The molecule has 1 atom stereocenters. The molecule has 1 N–H and O–H groups in total. The van der Waals surface area contributed by atoms with E-state index >= 15 is 0 Å². The van der Waals surface area contributed by atoms with Gasteiger partial charge in [-0.3, -0.25) is 0 Å². The van der Waals surface area contributed by atoms with E-state index < -0.39 is 25.1 Å². The molecule has 2 rings (SSSR count). The molecule has 0 heterocycles. The minimum Gasteiger partial charge on any atom is -0.497 e. The fraction of sp³-hybridized carbons (Fsp3) is 0.647. The molecule has 21 heavy (non-hydrogen) atoms. The SMILES string of the molecule is Cl.[2H]C([2H])([2H])Oc1ccc(C(C2(O)CCCCC2)C([2H])([2H])N(C)C)cc1. The summed E-state index contributed by atoms with van der Waals surface area (Å²) in [6.07, 6.45) is 3.90. The average molecular weight is 319 g/mol. The van der Waals surface area contributed by atoms with Crippen molar-refractivity contribution < 1.29 is 16.7 Å². The Bertz CT molecular complexity index is 572. The summed E-state index contributed by atoms with van der Waals surface area (Å²) in [5.74, 6) is -0.541. The second-order valence-corrected chi connectivity index (χ2v) is 5.79. The molecule has 1 aliphatic carbocycles. The first-order chi connectivity index (χ1) is 11.5. The van der Waals surface area contributed by atoms with Crippen LogP contribution in [0.3, 0.4) is 0 Å². The fourth-order valence-electron chi connectivity index (χ4n) is 2.94. The van der Waals surface area contributed by atoms with E-state index in [9.17, 15) is 5.11 Å². The number of nitrogens with zero attached hydrogens (tertiary/aromatic N) is 1. The van der Waals surface area contributed by atoms with E-state index in [2.05, 4.69) is 0 Å². The van der Waals surface area contributed by atoms with Gasteiger partial charge < -0.3 is 14.7 Å². The molecule has 1 aromatic rings. The Labute approximate surface area is 141 Å². The van der Waals surface area contributed by atoms with Crippen LogP contribution in [0.5, 0.6) is 5.75 Å². The molecular weight excluding hydrogens is 286 g/mol. The average Bonchev–Trinajstić information content (AvgIpc) is 2.48. The molecule has 1 aromatic carbocycles. The molecule has 3 nitrogen and oxygen atoms in total. The summed E-state index contributed by atoms with van der Waals surface area (Å²) in [6, 6.07) is 6.35. The van der Waals surface area contributed by atoms with Crippen molar-refractivity contribution in [3.05, 3.63) is 29.8 Å². The van der Waals surface area contributed by atoms with Gasteiger partial charge in [0, 0.05) is 15.2 Å². The molecule has 1 saturated carbocycles. The Hall–Kier alpha value is -0.770. The second kappa shape index (κ2) is 8.02. The summed E-state index contributed by atoms with van der Waals surface area (Å²) < 4.78 is 43.4. The van der Waals surface area contributed by atoms with Gasteiger partial charge in [-0.05, 0) is 44.6 Å². The number of ether oxygens (including phenoxy) is 1. The van der Waals surface area contributed by atoms with E-state index in [0.29, 0.717) is 18.4 Å². The maximum Gasteiger partial charge on any atom is 0.118 e. The summed E-state index contributed by atoms with van der Waals surface area (Å²) in [4.78, 5) is 1.48. The van der Waals surface area contributed by atoms with Crippen LogP contribution in [0, 0.1) is 0 Å². The minimum absolute atomic E-state index is 0. The van der Waals surface area contributed by atoms with Crippen LogP contribution in [-0.4, -0.2) is 43.2 Å². The molecule has 4 heteroatoms. The number of rotatable bonds is 5. The number of benzene rings is 1. The van der Waals surface area contributed by atoms with Crippen LogP contribution in [-0.2, 0) is 0 Å². The minimum atomic E-state index is -2.53. The van der Waals surface area contributed by atoms with Crippen molar-refractivity contribution in [3.63, 3.8) is 0 Å². The first kappa shape index (κ1) is 11.8. The van der Waals surface area contributed by atoms with E-state index in [4.69, 9.17) is 11.6 Å². The van der Waals surface area contributed by atoms with Crippen molar-refractivity contribution in [2.24, 2.45) is 0 Å². The maximum atomic E-state index is 11.2. The third kappa shape index (κ3) is 4.60. The van der Waals surface area contributed by atoms with Gasteiger partial charge in [0.15, 0.2) is 0 Å². The number of halogens is 1. The lowest BCUT2D eigenvalue weighted by atomic mass is 9.72. The summed E-state index contributed by atoms with van der Waals surface area (Å²) in [5.41, 5.74) is -0.487. The molecule has 0 spiro atoms. The van der Waals surface area contributed by atoms with Crippen LogP contribution in [0.15, 0.2) is 24.3 Å². The fourth-order valence-corrected chi connectivity index (χ4v) is 2.94. The van der Waals surface area contributed by atoms with Gasteiger partial charge in [-0.15, -0.1) is 12.4 Å². The Morgan fingerprint density at radius 2 is 1.90 bits per heavy atom. The topological polar surface area (TPSA) is 32.7 Å². The quantitative estimate of drug-likeness (QED) is 0.902. The molecule has 120 valence electrons. The smallest absolute Gasteiger partial charge is 0.118 e. The van der Waals surface area contributed by atoms with Crippen LogP contribution in [0.25, 0.3) is 0 Å². The number of likely N-dealkylation sites (N-methyl/N-ethyl adjacent to an activating group) is 1. The van der Waals surface area contributed by atoms with E-state index in [1.54, 1.807) is 26.2 Å². The van der Waals surface area contributed by atoms with Gasteiger partial charge in [-0.1, -0.05) is 31.4 Å². The Morgan fingerprint density at radius 1 is 1.29 bits per heavy atom. The van der Waals surface area contributed by atoms with Crippen LogP contribution >= 0.6 is 12.4 Å². The molecule has 0 aromatic heterocycles. The molecule has 0 amide bonds. The highest BCUT2D eigenvalue weighted by atomic mass is 35.5. The van der Waals surface area contributed by atoms with Gasteiger partial charge in [-0.25, -0.2) is 0 Å². The van der Waals surface area contributed by atoms with Crippen molar-refractivity contribution in [1.29, 1.82) is 0 Å². The monoisotopic (exact) mass is 318 g/mol.